The third-order valence-corrected chi connectivity index (χ3v) is 3.85. The highest BCUT2D eigenvalue weighted by Crippen LogP contribution is 2.27. The SMILES string of the molecule is O=C(CCN1CC/C(=N/O)c2ccccc21)NC1CC1. The Hall–Kier alpha value is -2.04. The van der Waals surface area contributed by atoms with Crippen molar-refractivity contribution in [2.24, 2.45) is 5.16 Å². The van der Waals surface area contributed by atoms with E-state index in [1.54, 1.807) is 0 Å². The second-order valence-electron chi connectivity index (χ2n) is 5.39. The first kappa shape index (κ1) is 13.0. The molecule has 0 bridgehead atoms. The van der Waals surface area contributed by atoms with Crippen LogP contribution in [-0.2, 0) is 4.79 Å². The molecule has 1 saturated carbocycles. The van der Waals surface area contributed by atoms with Crippen LogP contribution in [0.1, 0.15) is 31.2 Å². The molecule has 5 nitrogen and oxygen atoms in total. The Kier molecular flexibility index (Phi) is 3.58. The van der Waals surface area contributed by atoms with E-state index in [4.69, 9.17) is 5.21 Å². The van der Waals surface area contributed by atoms with Crippen molar-refractivity contribution < 1.29 is 10.0 Å². The van der Waals surface area contributed by atoms with E-state index in [1.165, 1.54) is 0 Å². The topological polar surface area (TPSA) is 64.9 Å². The van der Waals surface area contributed by atoms with Gasteiger partial charge in [0.2, 0.25) is 5.91 Å². The summed E-state index contributed by atoms with van der Waals surface area (Å²) in [7, 11) is 0. The third kappa shape index (κ3) is 2.76. The van der Waals surface area contributed by atoms with Crippen molar-refractivity contribution >= 4 is 17.3 Å². The number of anilines is 1. The minimum absolute atomic E-state index is 0.131. The molecule has 1 aliphatic heterocycles. The Balaban J connectivity index is 1.66. The zero-order valence-corrected chi connectivity index (χ0v) is 11.4. The first-order chi connectivity index (χ1) is 9.78. The minimum atomic E-state index is 0.131. The number of hydrogen-bond donors (Lipinski definition) is 2. The van der Waals surface area contributed by atoms with E-state index in [0.717, 1.165) is 36.3 Å². The minimum Gasteiger partial charge on any atom is -0.411 e. The molecule has 0 unspecified atom stereocenters. The van der Waals surface area contributed by atoms with E-state index in [0.29, 0.717) is 25.4 Å². The highest BCUT2D eigenvalue weighted by atomic mass is 16.4. The van der Waals surface area contributed by atoms with Crippen molar-refractivity contribution in [1.82, 2.24) is 5.32 Å². The number of carbonyl (C=O) groups excluding carboxylic acids is 1. The number of fused-ring (bicyclic) bond motifs is 1. The molecule has 20 heavy (non-hydrogen) atoms. The van der Waals surface area contributed by atoms with Crippen LogP contribution in [0.15, 0.2) is 29.4 Å². The van der Waals surface area contributed by atoms with Crippen molar-refractivity contribution in [2.45, 2.75) is 31.7 Å². The Labute approximate surface area is 118 Å². The van der Waals surface area contributed by atoms with E-state index in [2.05, 4.69) is 15.4 Å². The van der Waals surface area contributed by atoms with Crippen LogP contribution < -0.4 is 10.2 Å². The molecule has 0 atom stereocenters. The molecule has 1 aromatic carbocycles. The van der Waals surface area contributed by atoms with E-state index in [-0.39, 0.29) is 5.91 Å². The summed E-state index contributed by atoms with van der Waals surface area (Å²) in [6.45, 7) is 1.49. The van der Waals surface area contributed by atoms with Gasteiger partial charge in [0, 0.05) is 43.2 Å². The summed E-state index contributed by atoms with van der Waals surface area (Å²) in [6, 6.07) is 8.30. The second-order valence-corrected chi connectivity index (χ2v) is 5.39. The summed E-state index contributed by atoms with van der Waals surface area (Å²) >= 11 is 0. The van der Waals surface area contributed by atoms with E-state index < -0.39 is 0 Å². The van der Waals surface area contributed by atoms with Gasteiger partial charge in [-0.2, -0.15) is 0 Å². The van der Waals surface area contributed by atoms with Gasteiger partial charge in [-0.05, 0) is 18.9 Å². The lowest BCUT2D eigenvalue weighted by atomic mass is 9.99. The van der Waals surface area contributed by atoms with Gasteiger partial charge in [-0.1, -0.05) is 23.4 Å². The summed E-state index contributed by atoms with van der Waals surface area (Å²) in [5, 5.41) is 15.4. The maximum Gasteiger partial charge on any atom is 0.221 e. The molecular formula is C15H19N3O2. The van der Waals surface area contributed by atoms with E-state index in [9.17, 15) is 4.79 Å². The van der Waals surface area contributed by atoms with Crippen LogP contribution in [0.3, 0.4) is 0 Å². The molecule has 2 N–H and O–H groups in total. The molecule has 1 amide bonds. The van der Waals surface area contributed by atoms with Gasteiger partial charge >= 0.3 is 0 Å². The average molecular weight is 273 g/mol. The van der Waals surface area contributed by atoms with Crippen molar-refractivity contribution in [1.29, 1.82) is 0 Å². The number of rotatable bonds is 4. The molecule has 0 radical (unpaired) electrons. The number of hydrogen-bond acceptors (Lipinski definition) is 4. The number of nitrogens with one attached hydrogen (secondary N) is 1. The van der Waals surface area contributed by atoms with E-state index in [1.807, 2.05) is 24.3 Å². The Morgan fingerprint density at radius 2 is 2.20 bits per heavy atom. The maximum absolute atomic E-state index is 11.8. The normalized spacial score (nSPS) is 19.8. The molecule has 0 saturated heterocycles. The third-order valence-electron chi connectivity index (χ3n) is 3.85. The van der Waals surface area contributed by atoms with Gasteiger partial charge in [-0.25, -0.2) is 0 Å². The van der Waals surface area contributed by atoms with Crippen LogP contribution in [0.2, 0.25) is 0 Å². The van der Waals surface area contributed by atoms with Gasteiger partial charge in [0.25, 0.3) is 0 Å². The lowest BCUT2D eigenvalue weighted by Gasteiger charge is -2.31. The van der Waals surface area contributed by atoms with Crippen molar-refractivity contribution in [2.75, 3.05) is 18.0 Å². The molecule has 0 aromatic heterocycles. The number of benzene rings is 1. The monoisotopic (exact) mass is 273 g/mol. The second kappa shape index (κ2) is 5.53. The van der Waals surface area contributed by atoms with Crippen LogP contribution in [0.25, 0.3) is 0 Å². The molecule has 1 aromatic rings. The molecule has 1 heterocycles. The van der Waals surface area contributed by atoms with Gasteiger partial charge in [-0.15, -0.1) is 0 Å². The highest BCUT2D eigenvalue weighted by Gasteiger charge is 2.25. The number of amides is 1. The fraction of sp³-hybridized carbons (Fsp3) is 0.467. The van der Waals surface area contributed by atoms with E-state index >= 15 is 0 Å². The highest BCUT2D eigenvalue weighted by molar-refractivity contribution is 6.06. The smallest absolute Gasteiger partial charge is 0.221 e. The van der Waals surface area contributed by atoms with Gasteiger partial charge in [0.1, 0.15) is 0 Å². The fourth-order valence-electron chi connectivity index (χ4n) is 2.59. The molecule has 1 fully saturated rings. The number of oxime groups is 1. The molecule has 1 aliphatic carbocycles. The average Bonchev–Trinajstić information content (AvgIpc) is 3.28. The number of carbonyl (C=O) groups is 1. The largest absolute Gasteiger partial charge is 0.411 e. The zero-order chi connectivity index (χ0) is 13.9. The predicted octanol–water partition coefficient (Wildman–Crippen LogP) is 1.74. The summed E-state index contributed by atoms with van der Waals surface area (Å²) in [4.78, 5) is 14.0. The first-order valence-corrected chi connectivity index (χ1v) is 7.12. The molecular weight excluding hydrogens is 254 g/mol. The van der Waals surface area contributed by atoms with Crippen molar-refractivity contribution in [3.05, 3.63) is 29.8 Å². The zero-order valence-electron chi connectivity index (χ0n) is 11.4. The summed E-state index contributed by atoms with van der Waals surface area (Å²) in [5.41, 5.74) is 2.73. The molecule has 5 heteroatoms. The summed E-state index contributed by atoms with van der Waals surface area (Å²) in [6.07, 6.45) is 3.46. The van der Waals surface area contributed by atoms with Crippen molar-refractivity contribution in [3.8, 4) is 0 Å². The molecule has 0 spiro atoms. The quantitative estimate of drug-likeness (QED) is 0.649. The predicted molar refractivity (Wildman–Crippen MR) is 77.4 cm³/mol. The van der Waals surface area contributed by atoms with Crippen molar-refractivity contribution in [3.63, 3.8) is 0 Å². The first-order valence-electron chi connectivity index (χ1n) is 7.12. The molecule has 3 rings (SSSR count). The van der Waals surface area contributed by atoms with Gasteiger partial charge in [0.15, 0.2) is 0 Å². The summed E-state index contributed by atoms with van der Waals surface area (Å²) in [5.74, 6) is 0.131. The number of nitrogens with zero attached hydrogens (tertiary/aromatic N) is 2. The Morgan fingerprint density at radius 3 is 2.95 bits per heavy atom. The standard InChI is InChI=1S/C15H19N3O2/c19-15(16-11-5-6-11)8-10-18-9-7-13(17-20)12-3-1-2-4-14(12)18/h1-4,11,20H,5-10H2,(H,16,19)/b17-13-. The van der Waals surface area contributed by atoms with Crippen LogP contribution in [0.4, 0.5) is 5.69 Å². The fourth-order valence-corrected chi connectivity index (χ4v) is 2.59. The molecule has 106 valence electrons. The summed E-state index contributed by atoms with van der Waals surface area (Å²) < 4.78 is 0. The van der Waals surface area contributed by atoms with Crippen LogP contribution >= 0.6 is 0 Å². The van der Waals surface area contributed by atoms with Crippen LogP contribution in [0, 0.1) is 0 Å². The van der Waals surface area contributed by atoms with Crippen LogP contribution in [0.5, 0.6) is 0 Å². The Morgan fingerprint density at radius 1 is 1.40 bits per heavy atom. The molecule has 2 aliphatic rings. The lowest BCUT2D eigenvalue weighted by Crippen LogP contribution is -2.36. The number of para-hydroxylation sites is 1. The Bertz CT molecular complexity index is 538. The van der Waals surface area contributed by atoms with Gasteiger partial charge < -0.3 is 15.4 Å². The van der Waals surface area contributed by atoms with Gasteiger partial charge in [-0.3, -0.25) is 4.79 Å². The maximum atomic E-state index is 11.8. The van der Waals surface area contributed by atoms with Gasteiger partial charge in [0.05, 0.1) is 5.71 Å². The van der Waals surface area contributed by atoms with Crippen LogP contribution in [-0.4, -0.2) is 36.0 Å². The lowest BCUT2D eigenvalue weighted by molar-refractivity contribution is -0.121.